The minimum Gasteiger partial charge on any atom is -0.351 e. The van der Waals surface area contributed by atoms with E-state index < -0.39 is 0 Å². The highest BCUT2D eigenvalue weighted by atomic mass is 16.2. The van der Waals surface area contributed by atoms with Crippen LogP contribution in [0.25, 0.3) is 0 Å². The second-order valence-corrected chi connectivity index (χ2v) is 7.80. The van der Waals surface area contributed by atoms with Crippen LogP contribution in [0.15, 0.2) is 48.8 Å². The predicted octanol–water partition coefficient (Wildman–Crippen LogP) is 2.73. The topological polar surface area (TPSA) is 83.1 Å². The van der Waals surface area contributed by atoms with E-state index in [2.05, 4.69) is 20.9 Å². The molecule has 1 aromatic carbocycles. The molecule has 1 saturated heterocycles. The normalized spacial score (nSPS) is 23.6. The number of nitrogens with zero attached hydrogens (tertiary/aromatic N) is 1. The standard InChI is InChI=1S/C22H26N4O2/c27-20(26-19-8-11-23-12-9-19)17-6-4-16(5-7-17)13-25-21(28)22-10-2-1-3-18(22)14-24-15-22/h4-9,11-12,18,24H,1-3,10,13-15H2,(H,25,28)(H,23,26,27)/t18-,22+/m0/s1. The maximum absolute atomic E-state index is 12.9. The van der Waals surface area contributed by atoms with Crippen molar-refractivity contribution in [3.8, 4) is 0 Å². The molecule has 2 aromatic rings. The molecule has 0 unspecified atom stereocenters. The van der Waals surface area contributed by atoms with Gasteiger partial charge in [-0.2, -0.15) is 0 Å². The van der Waals surface area contributed by atoms with Gasteiger partial charge in [-0.1, -0.05) is 25.0 Å². The number of amides is 2. The van der Waals surface area contributed by atoms with Gasteiger partial charge < -0.3 is 16.0 Å². The first-order valence-corrected chi connectivity index (χ1v) is 9.97. The van der Waals surface area contributed by atoms with E-state index in [4.69, 9.17) is 0 Å². The molecule has 0 spiro atoms. The summed E-state index contributed by atoms with van der Waals surface area (Å²) in [6.07, 6.45) is 7.75. The Morgan fingerprint density at radius 1 is 1.11 bits per heavy atom. The van der Waals surface area contributed by atoms with Gasteiger partial charge in [0, 0.05) is 36.7 Å². The minimum absolute atomic E-state index is 0.164. The van der Waals surface area contributed by atoms with Crippen molar-refractivity contribution >= 4 is 17.5 Å². The van der Waals surface area contributed by atoms with Crippen LogP contribution in [0.1, 0.15) is 41.6 Å². The summed E-state index contributed by atoms with van der Waals surface area (Å²) in [7, 11) is 0. The summed E-state index contributed by atoms with van der Waals surface area (Å²) in [4.78, 5) is 29.2. The van der Waals surface area contributed by atoms with Crippen molar-refractivity contribution in [2.24, 2.45) is 11.3 Å². The summed E-state index contributed by atoms with van der Waals surface area (Å²) in [5, 5.41) is 9.39. The molecular formula is C22H26N4O2. The van der Waals surface area contributed by atoms with Crippen molar-refractivity contribution in [2.75, 3.05) is 18.4 Å². The largest absolute Gasteiger partial charge is 0.351 e. The molecule has 2 aliphatic rings. The smallest absolute Gasteiger partial charge is 0.255 e. The van der Waals surface area contributed by atoms with E-state index in [-0.39, 0.29) is 17.2 Å². The first-order chi connectivity index (χ1) is 13.7. The molecule has 2 fully saturated rings. The average Bonchev–Trinajstić information content (AvgIpc) is 3.18. The monoisotopic (exact) mass is 378 g/mol. The summed E-state index contributed by atoms with van der Waals surface area (Å²) in [5.41, 5.74) is 2.05. The molecule has 2 atom stereocenters. The summed E-state index contributed by atoms with van der Waals surface area (Å²) in [6, 6.07) is 10.9. The van der Waals surface area contributed by atoms with Crippen LogP contribution in [-0.4, -0.2) is 29.9 Å². The summed E-state index contributed by atoms with van der Waals surface area (Å²) >= 11 is 0. The van der Waals surface area contributed by atoms with Crippen LogP contribution in [0, 0.1) is 11.3 Å². The molecular weight excluding hydrogens is 352 g/mol. The van der Waals surface area contributed by atoms with Crippen LogP contribution in [-0.2, 0) is 11.3 Å². The number of hydrogen-bond donors (Lipinski definition) is 3. The maximum Gasteiger partial charge on any atom is 0.255 e. The van der Waals surface area contributed by atoms with Crippen LogP contribution in [0.2, 0.25) is 0 Å². The SMILES string of the molecule is O=C(Nc1ccncc1)c1ccc(CNC(=O)[C@@]23CCCC[C@H]2CNC3)cc1. The number of hydrogen-bond acceptors (Lipinski definition) is 4. The zero-order chi connectivity index (χ0) is 19.4. The van der Waals surface area contributed by atoms with Crippen LogP contribution in [0.3, 0.4) is 0 Å². The Labute approximate surface area is 165 Å². The number of benzene rings is 1. The van der Waals surface area contributed by atoms with Gasteiger partial charge in [0.2, 0.25) is 5.91 Å². The van der Waals surface area contributed by atoms with Gasteiger partial charge in [0.1, 0.15) is 0 Å². The molecule has 2 amide bonds. The maximum atomic E-state index is 12.9. The molecule has 28 heavy (non-hydrogen) atoms. The summed E-state index contributed by atoms with van der Waals surface area (Å²) < 4.78 is 0. The summed E-state index contributed by atoms with van der Waals surface area (Å²) in [5.74, 6) is 0.463. The van der Waals surface area contributed by atoms with Gasteiger partial charge >= 0.3 is 0 Å². The number of carbonyl (C=O) groups excluding carboxylic acids is 2. The lowest BCUT2D eigenvalue weighted by molar-refractivity contribution is -0.134. The Morgan fingerprint density at radius 3 is 2.68 bits per heavy atom. The third-order valence-corrected chi connectivity index (χ3v) is 6.10. The van der Waals surface area contributed by atoms with Crippen molar-refractivity contribution in [3.05, 3.63) is 59.9 Å². The number of pyridine rings is 1. The fraction of sp³-hybridized carbons (Fsp3) is 0.409. The van der Waals surface area contributed by atoms with Crippen molar-refractivity contribution in [3.63, 3.8) is 0 Å². The van der Waals surface area contributed by atoms with Crippen LogP contribution >= 0.6 is 0 Å². The molecule has 0 radical (unpaired) electrons. The van der Waals surface area contributed by atoms with Gasteiger partial charge in [-0.15, -0.1) is 0 Å². The van der Waals surface area contributed by atoms with Gasteiger partial charge in [-0.25, -0.2) is 0 Å². The predicted molar refractivity (Wildman–Crippen MR) is 108 cm³/mol. The Balaban J connectivity index is 1.34. The average molecular weight is 378 g/mol. The van der Waals surface area contributed by atoms with Crippen molar-refractivity contribution in [1.82, 2.24) is 15.6 Å². The molecule has 4 rings (SSSR count). The first kappa shape index (κ1) is 18.6. The molecule has 6 heteroatoms. The van der Waals surface area contributed by atoms with E-state index in [1.165, 1.54) is 6.42 Å². The van der Waals surface area contributed by atoms with E-state index >= 15 is 0 Å². The first-order valence-electron chi connectivity index (χ1n) is 9.97. The lowest BCUT2D eigenvalue weighted by atomic mass is 9.67. The fourth-order valence-electron chi connectivity index (χ4n) is 4.46. The Bertz CT molecular complexity index is 837. The van der Waals surface area contributed by atoms with E-state index in [9.17, 15) is 9.59 Å². The number of nitrogens with one attached hydrogen (secondary N) is 3. The molecule has 1 aliphatic carbocycles. The second-order valence-electron chi connectivity index (χ2n) is 7.80. The van der Waals surface area contributed by atoms with Gasteiger partial charge in [0.05, 0.1) is 5.41 Å². The zero-order valence-corrected chi connectivity index (χ0v) is 15.9. The van der Waals surface area contributed by atoms with Crippen molar-refractivity contribution < 1.29 is 9.59 Å². The number of anilines is 1. The number of rotatable bonds is 5. The van der Waals surface area contributed by atoms with Crippen LogP contribution in [0.5, 0.6) is 0 Å². The second kappa shape index (κ2) is 8.10. The zero-order valence-electron chi connectivity index (χ0n) is 15.9. The lowest BCUT2D eigenvalue weighted by Gasteiger charge is -2.37. The van der Waals surface area contributed by atoms with E-state index in [0.717, 1.165) is 37.9 Å². The van der Waals surface area contributed by atoms with Gasteiger partial charge in [-0.3, -0.25) is 14.6 Å². The highest BCUT2D eigenvalue weighted by molar-refractivity contribution is 6.04. The highest BCUT2D eigenvalue weighted by Crippen LogP contribution is 2.43. The number of carbonyl (C=O) groups is 2. The number of fused-ring (bicyclic) bond motifs is 1. The third kappa shape index (κ3) is 3.78. The Hall–Kier alpha value is -2.73. The summed E-state index contributed by atoms with van der Waals surface area (Å²) in [6.45, 7) is 2.23. The molecule has 1 saturated carbocycles. The molecule has 3 N–H and O–H groups in total. The van der Waals surface area contributed by atoms with Gasteiger partial charge in [0.25, 0.3) is 5.91 Å². The highest BCUT2D eigenvalue weighted by Gasteiger charge is 2.49. The fourth-order valence-corrected chi connectivity index (χ4v) is 4.46. The third-order valence-electron chi connectivity index (χ3n) is 6.10. The van der Waals surface area contributed by atoms with E-state index in [1.807, 2.05) is 12.1 Å². The van der Waals surface area contributed by atoms with Crippen molar-refractivity contribution in [2.45, 2.75) is 32.2 Å². The van der Waals surface area contributed by atoms with Crippen molar-refractivity contribution in [1.29, 1.82) is 0 Å². The van der Waals surface area contributed by atoms with Crippen LogP contribution < -0.4 is 16.0 Å². The molecule has 2 heterocycles. The van der Waals surface area contributed by atoms with Gasteiger partial charge in [-0.05, 0) is 55.1 Å². The lowest BCUT2D eigenvalue weighted by Crippen LogP contribution is -2.47. The van der Waals surface area contributed by atoms with E-state index in [1.54, 1.807) is 36.7 Å². The Morgan fingerprint density at radius 2 is 1.89 bits per heavy atom. The molecule has 6 nitrogen and oxygen atoms in total. The Kier molecular flexibility index (Phi) is 5.39. The quantitative estimate of drug-likeness (QED) is 0.747. The molecule has 146 valence electrons. The molecule has 1 aromatic heterocycles. The van der Waals surface area contributed by atoms with E-state index in [0.29, 0.717) is 23.7 Å². The molecule has 0 bridgehead atoms. The minimum atomic E-state index is -0.234. The number of aromatic nitrogens is 1. The van der Waals surface area contributed by atoms with Gasteiger partial charge in [0.15, 0.2) is 0 Å². The molecule has 1 aliphatic heterocycles. The van der Waals surface area contributed by atoms with Crippen LogP contribution in [0.4, 0.5) is 5.69 Å².